The standard InChI is InChI=1S/C9H13N5O/c10-6-5-3-9(1-2-12-4-9)15-7(5)14-8(11)13-6/h12H,1-4H2,(H4,10,11,13,14). The van der Waals surface area contributed by atoms with Crippen LogP contribution >= 0.6 is 0 Å². The van der Waals surface area contributed by atoms with Crippen molar-refractivity contribution >= 4 is 11.8 Å². The molecule has 1 unspecified atom stereocenters. The van der Waals surface area contributed by atoms with E-state index < -0.39 is 0 Å². The van der Waals surface area contributed by atoms with Crippen LogP contribution in [-0.4, -0.2) is 28.7 Å². The van der Waals surface area contributed by atoms with Crippen LogP contribution in [0, 0.1) is 0 Å². The minimum absolute atomic E-state index is 0.168. The van der Waals surface area contributed by atoms with Crippen molar-refractivity contribution < 1.29 is 4.74 Å². The molecule has 0 aliphatic carbocycles. The summed E-state index contributed by atoms with van der Waals surface area (Å²) in [5.74, 6) is 1.18. The maximum atomic E-state index is 5.84. The van der Waals surface area contributed by atoms with Crippen LogP contribution < -0.4 is 21.5 Å². The second-order valence-electron chi connectivity index (χ2n) is 4.14. The Morgan fingerprint density at radius 2 is 2.20 bits per heavy atom. The third-order valence-corrected chi connectivity index (χ3v) is 3.04. The van der Waals surface area contributed by atoms with Crippen molar-refractivity contribution in [2.24, 2.45) is 0 Å². The van der Waals surface area contributed by atoms with Crippen molar-refractivity contribution in [3.63, 3.8) is 0 Å². The molecule has 2 aliphatic heterocycles. The first-order valence-electron chi connectivity index (χ1n) is 5.00. The van der Waals surface area contributed by atoms with Crippen LogP contribution in [0.15, 0.2) is 0 Å². The quantitative estimate of drug-likeness (QED) is 0.520. The molecule has 5 N–H and O–H groups in total. The number of anilines is 2. The van der Waals surface area contributed by atoms with Crippen LogP contribution in [0.4, 0.5) is 11.8 Å². The van der Waals surface area contributed by atoms with Crippen LogP contribution in [0.25, 0.3) is 0 Å². The van der Waals surface area contributed by atoms with Crippen molar-refractivity contribution in [3.05, 3.63) is 5.56 Å². The summed E-state index contributed by atoms with van der Waals surface area (Å²) in [7, 11) is 0. The lowest BCUT2D eigenvalue weighted by atomic mass is 9.97. The lowest BCUT2D eigenvalue weighted by Crippen LogP contribution is -2.36. The van der Waals surface area contributed by atoms with Gasteiger partial charge in [0.2, 0.25) is 11.8 Å². The van der Waals surface area contributed by atoms with Crippen molar-refractivity contribution in [1.82, 2.24) is 15.3 Å². The van der Waals surface area contributed by atoms with Crippen LogP contribution in [-0.2, 0) is 6.42 Å². The van der Waals surface area contributed by atoms with Crippen LogP contribution in [0.2, 0.25) is 0 Å². The van der Waals surface area contributed by atoms with Crippen molar-refractivity contribution in [2.45, 2.75) is 18.4 Å². The van der Waals surface area contributed by atoms with Crippen molar-refractivity contribution in [1.29, 1.82) is 0 Å². The molecule has 1 fully saturated rings. The minimum atomic E-state index is -0.168. The number of nitrogens with one attached hydrogen (secondary N) is 1. The smallest absolute Gasteiger partial charge is 0.225 e. The van der Waals surface area contributed by atoms with Gasteiger partial charge in [0.15, 0.2) is 0 Å². The topological polar surface area (TPSA) is 99.1 Å². The van der Waals surface area contributed by atoms with Crippen molar-refractivity contribution in [2.75, 3.05) is 24.6 Å². The molecule has 15 heavy (non-hydrogen) atoms. The zero-order valence-corrected chi connectivity index (χ0v) is 8.29. The van der Waals surface area contributed by atoms with Crippen LogP contribution in [0.3, 0.4) is 0 Å². The Balaban J connectivity index is 2.02. The van der Waals surface area contributed by atoms with Gasteiger partial charge in [0.1, 0.15) is 11.4 Å². The van der Waals surface area contributed by atoms with Gasteiger partial charge in [-0.05, 0) is 6.54 Å². The Morgan fingerprint density at radius 3 is 2.93 bits per heavy atom. The summed E-state index contributed by atoms with van der Waals surface area (Å²) in [6, 6.07) is 0. The van der Waals surface area contributed by atoms with E-state index in [-0.39, 0.29) is 11.5 Å². The van der Waals surface area contributed by atoms with E-state index in [1.54, 1.807) is 0 Å². The zero-order chi connectivity index (χ0) is 10.5. The number of ether oxygens (including phenoxy) is 1. The largest absolute Gasteiger partial charge is 0.469 e. The second kappa shape index (κ2) is 2.73. The van der Waals surface area contributed by atoms with E-state index in [2.05, 4.69) is 15.3 Å². The molecule has 0 aromatic carbocycles. The molecule has 0 amide bonds. The number of nitrogens with zero attached hydrogens (tertiary/aromatic N) is 2. The van der Waals surface area contributed by atoms with E-state index in [9.17, 15) is 0 Å². The van der Waals surface area contributed by atoms with Gasteiger partial charge in [-0.15, -0.1) is 0 Å². The van der Waals surface area contributed by atoms with Crippen molar-refractivity contribution in [3.8, 4) is 5.88 Å². The second-order valence-corrected chi connectivity index (χ2v) is 4.14. The van der Waals surface area contributed by atoms with Gasteiger partial charge in [-0.25, -0.2) is 0 Å². The fraction of sp³-hybridized carbons (Fsp3) is 0.556. The molecule has 0 bridgehead atoms. The normalized spacial score (nSPS) is 28.0. The molecular weight excluding hydrogens is 194 g/mol. The van der Waals surface area contributed by atoms with E-state index >= 15 is 0 Å². The van der Waals surface area contributed by atoms with Gasteiger partial charge in [-0.3, -0.25) is 0 Å². The predicted molar refractivity (Wildman–Crippen MR) is 55.4 cm³/mol. The molecule has 0 radical (unpaired) electrons. The first-order valence-corrected chi connectivity index (χ1v) is 5.00. The summed E-state index contributed by atoms with van der Waals surface area (Å²) in [5, 5.41) is 3.28. The lowest BCUT2D eigenvalue weighted by Gasteiger charge is -2.20. The number of aromatic nitrogens is 2. The molecule has 1 aromatic heterocycles. The Hall–Kier alpha value is -1.56. The highest BCUT2D eigenvalue weighted by Crippen LogP contribution is 2.39. The average Bonchev–Trinajstić information content (AvgIpc) is 2.74. The third kappa shape index (κ3) is 1.21. The monoisotopic (exact) mass is 207 g/mol. The average molecular weight is 207 g/mol. The Kier molecular flexibility index (Phi) is 1.59. The van der Waals surface area contributed by atoms with Gasteiger partial charge in [-0.2, -0.15) is 9.97 Å². The maximum absolute atomic E-state index is 5.84. The molecule has 6 nitrogen and oxygen atoms in total. The van der Waals surface area contributed by atoms with Gasteiger partial charge in [0.25, 0.3) is 0 Å². The molecule has 6 heteroatoms. The first kappa shape index (κ1) is 8.72. The van der Waals surface area contributed by atoms with Crippen LogP contribution in [0.1, 0.15) is 12.0 Å². The highest BCUT2D eigenvalue weighted by Gasteiger charge is 2.44. The van der Waals surface area contributed by atoms with E-state index in [0.717, 1.165) is 31.5 Å². The summed E-state index contributed by atoms with van der Waals surface area (Å²) in [6.07, 6.45) is 1.75. The molecule has 1 saturated heterocycles. The lowest BCUT2D eigenvalue weighted by molar-refractivity contribution is 0.113. The summed E-state index contributed by atoms with van der Waals surface area (Å²) >= 11 is 0. The Morgan fingerprint density at radius 1 is 1.33 bits per heavy atom. The minimum Gasteiger partial charge on any atom is -0.469 e. The number of hydrogen-bond donors (Lipinski definition) is 3. The fourth-order valence-electron chi connectivity index (χ4n) is 2.27. The predicted octanol–water partition coefficient (Wildman–Crippen LogP) is -0.692. The van der Waals surface area contributed by atoms with E-state index in [1.165, 1.54) is 0 Å². The SMILES string of the molecule is Nc1nc(N)c2c(n1)OC1(CCNC1)C2. The first-order chi connectivity index (χ1) is 7.19. The molecule has 1 aromatic rings. The molecule has 3 rings (SSSR count). The van der Waals surface area contributed by atoms with Gasteiger partial charge in [-0.1, -0.05) is 0 Å². The molecule has 1 atom stereocenters. The van der Waals surface area contributed by atoms with E-state index in [4.69, 9.17) is 16.2 Å². The molecular formula is C9H13N5O. The molecule has 2 aliphatic rings. The summed E-state index contributed by atoms with van der Waals surface area (Å²) < 4.78 is 5.84. The van der Waals surface area contributed by atoms with Gasteiger partial charge in [0, 0.05) is 19.4 Å². The van der Waals surface area contributed by atoms with E-state index in [1.807, 2.05) is 0 Å². The summed E-state index contributed by atoms with van der Waals surface area (Å²) in [6.45, 7) is 1.81. The highest BCUT2D eigenvalue weighted by atomic mass is 16.5. The molecule has 80 valence electrons. The van der Waals surface area contributed by atoms with Crippen LogP contribution in [0.5, 0.6) is 5.88 Å². The number of fused-ring (bicyclic) bond motifs is 1. The third-order valence-electron chi connectivity index (χ3n) is 3.04. The number of hydrogen-bond acceptors (Lipinski definition) is 6. The number of rotatable bonds is 0. The summed E-state index contributed by atoms with van der Waals surface area (Å²) in [4.78, 5) is 8.01. The Labute approximate surface area is 87.0 Å². The van der Waals surface area contributed by atoms with Gasteiger partial charge in [0.05, 0.1) is 5.56 Å². The summed E-state index contributed by atoms with van der Waals surface area (Å²) in [5.41, 5.74) is 12.0. The number of nitrogens with two attached hydrogens (primary N) is 2. The zero-order valence-electron chi connectivity index (χ0n) is 8.29. The van der Waals surface area contributed by atoms with Gasteiger partial charge < -0.3 is 21.5 Å². The highest BCUT2D eigenvalue weighted by molar-refractivity contribution is 5.52. The van der Waals surface area contributed by atoms with E-state index in [0.29, 0.717) is 11.7 Å². The molecule has 0 saturated carbocycles. The molecule has 1 spiro atoms. The van der Waals surface area contributed by atoms with Gasteiger partial charge >= 0.3 is 0 Å². The Bertz CT molecular complexity index is 413. The fourth-order valence-corrected chi connectivity index (χ4v) is 2.27. The number of nitrogen functional groups attached to an aromatic ring is 2. The maximum Gasteiger partial charge on any atom is 0.225 e. The molecule has 3 heterocycles.